The van der Waals surface area contributed by atoms with Gasteiger partial charge in [0.25, 0.3) is 0 Å². The maximum absolute atomic E-state index is 13.2. The second-order valence-corrected chi connectivity index (χ2v) is 12.2. The lowest BCUT2D eigenvalue weighted by atomic mass is 9.94. The summed E-state index contributed by atoms with van der Waals surface area (Å²) in [5.41, 5.74) is 4.28. The number of carbonyl (C=O) groups excluding carboxylic acids is 2. The summed E-state index contributed by atoms with van der Waals surface area (Å²) in [7, 11) is 4.93. The van der Waals surface area contributed by atoms with Crippen molar-refractivity contribution in [2.75, 3.05) is 20.8 Å². The molecule has 1 aromatic carbocycles. The number of rotatable bonds is 6. The van der Waals surface area contributed by atoms with Crippen LogP contribution in [0.15, 0.2) is 30.3 Å². The lowest BCUT2D eigenvalue weighted by molar-refractivity contribution is -0.140. The van der Waals surface area contributed by atoms with E-state index in [9.17, 15) is 9.59 Å². The van der Waals surface area contributed by atoms with E-state index >= 15 is 0 Å². The van der Waals surface area contributed by atoms with Crippen LogP contribution in [0, 0.1) is 11.3 Å². The SMILES string of the molecule is COC(=O)c1cc(OC)c2c(c1)nc(-c1cc3ccc([C@H]4CCCN4C(=O)C(C)(C)C)nc3n1CC1CC1)n2C. The molecular weight excluding hydrogens is 506 g/mol. The zero-order valence-corrected chi connectivity index (χ0v) is 24.2. The minimum Gasteiger partial charge on any atom is -0.494 e. The van der Waals surface area contributed by atoms with Crippen molar-refractivity contribution in [3.63, 3.8) is 0 Å². The first-order chi connectivity index (χ1) is 19.1. The maximum Gasteiger partial charge on any atom is 0.338 e. The molecule has 2 aliphatic rings. The van der Waals surface area contributed by atoms with E-state index in [0.29, 0.717) is 22.7 Å². The first-order valence-electron chi connectivity index (χ1n) is 14.0. The van der Waals surface area contributed by atoms with Crippen LogP contribution in [0.3, 0.4) is 0 Å². The number of esters is 1. The zero-order valence-electron chi connectivity index (χ0n) is 24.2. The van der Waals surface area contributed by atoms with Gasteiger partial charge in [-0.25, -0.2) is 14.8 Å². The molecule has 1 saturated carbocycles. The molecule has 1 amide bonds. The van der Waals surface area contributed by atoms with Gasteiger partial charge in [-0.3, -0.25) is 4.79 Å². The quantitative estimate of drug-likeness (QED) is 0.298. The molecule has 1 aliphatic heterocycles. The number of amides is 1. The van der Waals surface area contributed by atoms with Gasteiger partial charge in [0.05, 0.1) is 42.7 Å². The number of hydrogen-bond acceptors (Lipinski definition) is 6. The summed E-state index contributed by atoms with van der Waals surface area (Å²) in [6.45, 7) is 7.57. The number of methoxy groups -OCH3 is 2. The first-order valence-corrected chi connectivity index (χ1v) is 14.0. The van der Waals surface area contributed by atoms with E-state index in [2.05, 4.69) is 22.8 Å². The van der Waals surface area contributed by atoms with Crippen molar-refractivity contribution in [2.45, 2.75) is 59.0 Å². The van der Waals surface area contributed by atoms with E-state index in [1.54, 1.807) is 19.2 Å². The summed E-state index contributed by atoms with van der Waals surface area (Å²) in [5, 5.41) is 1.04. The molecule has 0 bridgehead atoms. The summed E-state index contributed by atoms with van der Waals surface area (Å²) in [4.78, 5) is 37.7. The molecule has 210 valence electrons. The van der Waals surface area contributed by atoms with Gasteiger partial charge in [0, 0.05) is 30.9 Å². The third-order valence-corrected chi connectivity index (χ3v) is 8.20. The van der Waals surface area contributed by atoms with Gasteiger partial charge in [-0.15, -0.1) is 0 Å². The van der Waals surface area contributed by atoms with Gasteiger partial charge in [0.2, 0.25) is 5.91 Å². The Morgan fingerprint density at radius 1 is 1.05 bits per heavy atom. The fourth-order valence-corrected chi connectivity index (χ4v) is 5.94. The largest absolute Gasteiger partial charge is 0.494 e. The smallest absolute Gasteiger partial charge is 0.338 e. The van der Waals surface area contributed by atoms with E-state index in [4.69, 9.17) is 19.4 Å². The molecule has 6 rings (SSSR count). The van der Waals surface area contributed by atoms with Crippen molar-refractivity contribution in [1.29, 1.82) is 0 Å². The summed E-state index contributed by atoms with van der Waals surface area (Å²) in [6, 6.07) is 9.78. The van der Waals surface area contributed by atoms with Crippen molar-refractivity contribution in [3.05, 3.63) is 41.6 Å². The predicted molar refractivity (Wildman–Crippen MR) is 153 cm³/mol. The molecule has 1 aliphatic carbocycles. The second kappa shape index (κ2) is 9.64. The highest BCUT2D eigenvalue weighted by Gasteiger charge is 2.37. The minimum absolute atomic E-state index is 0.0133. The minimum atomic E-state index is -0.433. The van der Waals surface area contributed by atoms with Crippen molar-refractivity contribution in [1.82, 2.24) is 24.0 Å². The van der Waals surface area contributed by atoms with E-state index in [-0.39, 0.29) is 11.9 Å². The molecule has 1 saturated heterocycles. The second-order valence-electron chi connectivity index (χ2n) is 12.2. The van der Waals surface area contributed by atoms with Crippen molar-refractivity contribution >= 4 is 33.9 Å². The van der Waals surface area contributed by atoms with Crippen LogP contribution < -0.4 is 4.74 Å². The van der Waals surface area contributed by atoms with Crippen molar-refractivity contribution in [2.24, 2.45) is 18.4 Å². The number of fused-ring (bicyclic) bond motifs is 2. The summed E-state index contributed by atoms with van der Waals surface area (Å²) in [6.07, 6.45) is 4.31. The molecule has 1 atom stereocenters. The lowest BCUT2D eigenvalue weighted by Crippen LogP contribution is -2.39. The monoisotopic (exact) mass is 543 g/mol. The third-order valence-electron chi connectivity index (χ3n) is 8.20. The topological polar surface area (TPSA) is 91.5 Å². The Morgan fingerprint density at radius 3 is 2.50 bits per heavy atom. The van der Waals surface area contributed by atoms with E-state index in [1.165, 1.54) is 20.0 Å². The number of likely N-dealkylation sites (tertiary alicyclic amines) is 1. The Hall–Kier alpha value is -3.88. The van der Waals surface area contributed by atoms with E-state index in [0.717, 1.165) is 59.7 Å². The highest BCUT2D eigenvalue weighted by Crippen LogP contribution is 2.39. The van der Waals surface area contributed by atoms with E-state index < -0.39 is 11.4 Å². The molecule has 3 aromatic heterocycles. The number of ether oxygens (including phenoxy) is 2. The van der Waals surface area contributed by atoms with Crippen LogP contribution in [0.25, 0.3) is 33.6 Å². The molecule has 4 heterocycles. The molecule has 0 radical (unpaired) electrons. The number of benzene rings is 1. The van der Waals surface area contributed by atoms with Crippen LogP contribution in [0.1, 0.15) is 68.5 Å². The van der Waals surface area contributed by atoms with E-state index in [1.807, 2.05) is 37.3 Å². The Kier molecular flexibility index (Phi) is 6.35. The standard InChI is InChI=1S/C31H37N5O4/c1-31(2,3)30(38)35-13-7-8-23(35)21-12-11-19-15-24(36(27(19)32-21)17-18-9-10-18)28-33-22-14-20(29(37)40-6)16-25(39-5)26(22)34(28)4/h11-12,14-16,18,23H,7-10,13,17H2,1-6H3/t23-/m1/s1. The molecule has 0 spiro atoms. The van der Waals surface area contributed by atoms with Gasteiger partial charge in [-0.05, 0) is 61.9 Å². The normalized spacial score (nSPS) is 17.6. The summed E-state index contributed by atoms with van der Waals surface area (Å²) < 4.78 is 14.9. The molecule has 4 aromatic rings. The maximum atomic E-state index is 13.2. The Labute approximate surface area is 234 Å². The number of hydrogen-bond donors (Lipinski definition) is 0. The molecule has 0 N–H and O–H groups in total. The first kappa shape index (κ1) is 26.3. The number of imidazole rings is 1. The van der Waals surface area contributed by atoms with Gasteiger partial charge in [-0.2, -0.15) is 0 Å². The van der Waals surface area contributed by atoms with Crippen LogP contribution >= 0.6 is 0 Å². The van der Waals surface area contributed by atoms with Crippen LogP contribution in [-0.4, -0.2) is 56.6 Å². The average Bonchev–Trinajstić information content (AvgIpc) is 3.35. The third kappa shape index (κ3) is 4.41. The fraction of sp³-hybridized carbons (Fsp3) is 0.484. The number of aromatic nitrogens is 4. The molecule has 9 nitrogen and oxygen atoms in total. The molecule has 2 fully saturated rings. The van der Waals surface area contributed by atoms with Crippen molar-refractivity contribution < 1.29 is 19.1 Å². The number of aryl methyl sites for hydroxylation is 1. The summed E-state index contributed by atoms with van der Waals surface area (Å²) >= 11 is 0. The van der Waals surface area contributed by atoms with Gasteiger partial charge in [0.15, 0.2) is 5.82 Å². The average molecular weight is 544 g/mol. The van der Waals surface area contributed by atoms with Crippen LogP contribution in [-0.2, 0) is 23.1 Å². The van der Waals surface area contributed by atoms with Crippen LogP contribution in [0.4, 0.5) is 0 Å². The van der Waals surface area contributed by atoms with Crippen molar-refractivity contribution in [3.8, 4) is 17.3 Å². The van der Waals surface area contributed by atoms with Crippen LogP contribution in [0.2, 0.25) is 0 Å². The molecule has 0 unspecified atom stereocenters. The van der Waals surface area contributed by atoms with Gasteiger partial charge in [-0.1, -0.05) is 20.8 Å². The molecular formula is C31H37N5O4. The number of carbonyl (C=O) groups is 2. The predicted octanol–water partition coefficient (Wildman–Crippen LogP) is 5.50. The fourth-order valence-electron chi connectivity index (χ4n) is 5.94. The lowest BCUT2D eigenvalue weighted by Gasteiger charge is -2.30. The molecule has 40 heavy (non-hydrogen) atoms. The zero-order chi connectivity index (χ0) is 28.3. The van der Waals surface area contributed by atoms with Gasteiger partial charge < -0.3 is 23.5 Å². The number of nitrogens with zero attached hydrogens (tertiary/aromatic N) is 5. The Balaban J connectivity index is 1.48. The number of pyridine rings is 1. The highest BCUT2D eigenvalue weighted by molar-refractivity contribution is 5.97. The van der Waals surface area contributed by atoms with Crippen LogP contribution in [0.5, 0.6) is 5.75 Å². The Bertz CT molecular complexity index is 1640. The van der Waals surface area contributed by atoms with Gasteiger partial charge >= 0.3 is 5.97 Å². The Morgan fingerprint density at radius 2 is 1.82 bits per heavy atom. The molecule has 9 heteroatoms. The summed E-state index contributed by atoms with van der Waals surface area (Å²) in [5.74, 6) is 1.69. The van der Waals surface area contributed by atoms with Gasteiger partial charge in [0.1, 0.15) is 16.9 Å². The highest BCUT2D eigenvalue weighted by atomic mass is 16.5.